The van der Waals surface area contributed by atoms with E-state index < -0.39 is 56.1 Å². The van der Waals surface area contributed by atoms with Crippen LogP contribution in [0.5, 0.6) is 0 Å². The molecule has 0 radical (unpaired) electrons. The minimum atomic E-state index is -6.34. The molecule has 6 unspecified atom stereocenters. The maximum atomic E-state index is 14.3. The summed E-state index contributed by atoms with van der Waals surface area (Å²) in [6.07, 6.45) is 56.4. The Morgan fingerprint density at radius 2 is 0.455 bits per heavy atom. The van der Waals surface area contributed by atoms with Crippen molar-refractivity contribution >= 4 is 20.3 Å². The fraction of sp³-hybridized carbons (Fsp3) is 0.201. The smallest absolute Gasteiger partial charge is 0.321 e. The van der Waals surface area contributed by atoms with E-state index in [-0.39, 0.29) is 34.1 Å². The summed E-state index contributed by atoms with van der Waals surface area (Å²) in [5.41, 5.74) is -1.90. The van der Waals surface area contributed by atoms with E-state index in [4.69, 9.17) is 62.5 Å². The molecular formula is C134H79O9P2-3. The molecule has 0 aromatic rings. The first-order valence-corrected chi connectivity index (χ1v) is 42.2. The number of esters is 1. The summed E-state index contributed by atoms with van der Waals surface area (Å²) >= 11 is 0. The van der Waals surface area contributed by atoms with E-state index in [2.05, 4.69) is 586 Å². The first kappa shape index (κ1) is 150. The Morgan fingerprint density at radius 1 is 0.269 bits per heavy atom. The third-order valence-corrected chi connectivity index (χ3v) is 16.8. The van der Waals surface area contributed by atoms with Crippen molar-refractivity contribution in [3.63, 3.8) is 0 Å². The van der Waals surface area contributed by atoms with Crippen LogP contribution in [0, 0.1) is 657 Å². The highest BCUT2D eigenvalue weighted by Crippen LogP contribution is 2.78. The van der Waals surface area contributed by atoms with Gasteiger partial charge in [-0.2, -0.15) is 4.67 Å². The minimum absolute atomic E-state index is 0. The minimum Gasteiger partial charge on any atom is -0.804 e. The summed E-state index contributed by atoms with van der Waals surface area (Å²) in [4.78, 5) is 39.1. The van der Waals surface area contributed by atoms with Crippen LogP contribution in [0.15, 0.2) is 0 Å². The van der Waals surface area contributed by atoms with Crippen molar-refractivity contribution in [3.05, 3.63) is 0 Å². The van der Waals surface area contributed by atoms with Crippen molar-refractivity contribution in [2.75, 3.05) is 7.11 Å². The van der Waals surface area contributed by atoms with Gasteiger partial charge in [-0.15, -0.1) is 94.8 Å². The topological polar surface area (TPSA) is 148 Å². The van der Waals surface area contributed by atoms with E-state index >= 15 is 0 Å². The standard InChI is InChI=1S/C55H30O9P2.C12H6.C11H4.C10H2.C9H4.C8H6.C7H4.C6H2.C5H4.C4H6.C3H4.C2H2.2CH4/c1-5-8-11-14-17-20-23-25-28-29-32-35-38-42-50-44-41-45-51(43-39-36-33-30-27-24-21-18-15-12-9-6-2)49-54(65(58,64-63-57)66(59,60)61)52(48-47-50)53(55(56)62-4)46-40-37-34-31-26-22-19-16-13-10-7-3;1-3-5-7-9-11-12-10-8-6-4-2;1-3-5-7-9-11-10-8-6-4-2;1-3-5-7-9-10-8-6-4-2;1-3-5-7-9-8-6-4-2;1-3-5-7-8-6-4-2;1-3-5-7-6-4-2;1-3-5-6-4-2;1-3-5-4-2;1-3-4-2;1-3-2;1-2;;/h2,50-54,57H,41,44-45,47-49H2,1,3-4H3,(H2,59,60,61);1-2H3;1H,2H3;1-2H;1H,2H3;1-2H3;1H,2H3;1-2H;1H,2H3;1-2H3;1H,2H3;1-2H;2*1H4/p-3. The van der Waals surface area contributed by atoms with Crippen LogP contribution < -0.4 is 15.0 Å². The van der Waals surface area contributed by atoms with Gasteiger partial charge in [-0.1, -0.05) is 98.2 Å². The van der Waals surface area contributed by atoms with Gasteiger partial charge in [0.25, 0.3) is 7.06 Å². The van der Waals surface area contributed by atoms with Crippen molar-refractivity contribution in [1.29, 1.82) is 0 Å². The molecular weight excluding hydrogens is 1820 g/mol. The van der Waals surface area contributed by atoms with Gasteiger partial charge in [0.1, 0.15) is 5.92 Å². The van der Waals surface area contributed by atoms with Gasteiger partial charge >= 0.3 is 5.97 Å². The number of methoxy groups -OCH3 is 1. The van der Waals surface area contributed by atoms with E-state index in [1.165, 1.54) is 0 Å². The number of rotatable bonds is 6. The number of carbonyl (C=O) groups is 1. The molecule has 0 aromatic carbocycles. The van der Waals surface area contributed by atoms with Crippen molar-refractivity contribution in [2.45, 2.75) is 149 Å². The monoisotopic (exact) mass is 1890 g/mol. The average molecular weight is 1900 g/mol. The van der Waals surface area contributed by atoms with Gasteiger partial charge in [0.15, 0.2) is 0 Å². The number of ether oxygens (including phenoxy) is 1. The Hall–Kier alpha value is -23.6. The van der Waals surface area contributed by atoms with Crippen molar-refractivity contribution < 1.29 is 43.4 Å². The van der Waals surface area contributed by atoms with Gasteiger partial charge in [0.05, 0.1) is 7.11 Å². The molecule has 9 nitrogen and oxygen atoms in total. The molecule has 0 N–H and O–H groups in total. The molecule has 145 heavy (non-hydrogen) atoms. The van der Waals surface area contributed by atoms with Gasteiger partial charge < -0.3 is 24.3 Å². The lowest BCUT2D eigenvalue weighted by molar-refractivity contribution is -0.779. The predicted molar refractivity (Wildman–Crippen MR) is 587 cm³/mol. The van der Waals surface area contributed by atoms with Crippen LogP contribution in [-0.4, -0.2) is 18.7 Å². The van der Waals surface area contributed by atoms with Crippen LogP contribution in [0.2, 0.25) is 0 Å². The maximum absolute atomic E-state index is 14.3. The molecule has 682 valence electrons. The number of carbonyl (C=O) groups excluding carboxylic acids is 1. The molecule has 0 saturated heterocycles. The second-order valence-electron chi connectivity index (χ2n) is 20.2. The SMILES string of the molecule is C.C.C#C.C#CC.C#CC#CC.C#CC#CC#C.C#CC#CC#CC.C#CC#CC#CC#CC.C#CC#CC#CC#CC#C.C#CC#CC#CC#CC#CC.C#CC#CC#CC#CC#CC#CC#CC1CCCC(C#CC#CC#CC#CC#CC#CC#CC)CCC(C(C#CC#CC#CC#CC#CC#CC)C(=O)OC)C(P(=O)(OO[O-])P(=O)([O-])[O-])C1.CC#CC.CC#CC#CC#CC.CC#CC#CC#CC#CC#CC. The highest BCUT2D eigenvalue weighted by molar-refractivity contribution is 8.28. The van der Waals surface area contributed by atoms with Crippen LogP contribution in [0.4, 0.5) is 0 Å². The molecule has 0 amide bonds. The number of terminal acetylenes is 11. The number of hydrogen-bond donors (Lipinski definition) is 0. The molecule has 0 heterocycles. The van der Waals surface area contributed by atoms with Gasteiger partial charge in [-0.25, -0.2) is 0 Å². The largest absolute Gasteiger partial charge is 0.804 e. The summed E-state index contributed by atoms with van der Waals surface area (Å²) in [5.74, 6) is 226. The van der Waals surface area contributed by atoms with Crippen LogP contribution in [0.3, 0.4) is 0 Å². The molecule has 1 aliphatic rings. The van der Waals surface area contributed by atoms with E-state index in [0.717, 1.165) is 7.11 Å². The molecule has 1 aliphatic carbocycles. The van der Waals surface area contributed by atoms with E-state index in [0.29, 0.717) is 12.8 Å². The Morgan fingerprint density at radius 3 is 0.648 bits per heavy atom. The quantitative estimate of drug-likeness (QED) is 0.0834. The first-order chi connectivity index (χ1) is 69.7. The molecule has 0 aliphatic heterocycles. The highest BCUT2D eigenvalue weighted by atomic mass is 32.1. The molecule has 1 fully saturated rings. The molecule has 0 bridgehead atoms. The van der Waals surface area contributed by atoms with Crippen LogP contribution in [0.25, 0.3) is 0 Å². The van der Waals surface area contributed by atoms with Crippen molar-refractivity contribution in [3.8, 4) is 634 Å². The lowest BCUT2D eigenvalue weighted by Gasteiger charge is -2.45. The van der Waals surface area contributed by atoms with Crippen molar-refractivity contribution in [1.82, 2.24) is 0 Å². The summed E-state index contributed by atoms with van der Waals surface area (Å²) in [7, 11) is -11.0. The van der Waals surface area contributed by atoms with Gasteiger partial charge in [-0.05, 0) is 590 Å². The number of hydrogen-bond acceptors (Lipinski definition) is 9. The van der Waals surface area contributed by atoms with E-state index in [9.17, 15) is 29.0 Å². The normalized spacial score (nSPS) is 8.75. The van der Waals surface area contributed by atoms with Crippen molar-refractivity contribution in [2.24, 2.45) is 23.7 Å². The van der Waals surface area contributed by atoms with Crippen LogP contribution in [-0.2, 0) is 28.4 Å². The van der Waals surface area contributed by atoms with Gasteiger partial charge in [0.2, 0.25) is 0 Å². The van der Waals surface area contributed by atoms with E-state index in [1.54, 1.807) is 76.2 Å². The van der Waals surface area contributed by atoms with Gasteiger partial charge in [-0.3, -0.25) is 14.4 Å². The summed E-state index contributed by atoms with van der Waals surface area (Å²) < 4.78 is 36.5. The van der Waals surface area contributed by atoms with Crippen LogP contribution >= 0.6 is 14.3 Å². The predicted octanol–water partition coefficient (Wildman–Crippen LogP) is 9.80. The maximum Gasteiger partial charge on any atom is 0.321 e. The highest BCUT2D eigenvalue weighted by Gasteiger charge is 2.48. The molecule has 1 rings (SSSR count). The van der Waals surface area contributed by atoms with E-state index in [1.807, 2.05) is 13.8 Å². The summed E-state index contributed by atoms with van der Waals surface area (Å²) in [5, 5.41) is 14.8. The zero-order valence-corrected chi connectivity index (χ0v) is 81.9. The lowest BCUT2D eigenvalue weighted by Crippen LogP contribution is -2.37. The van der Waals surface area contributed by atoms with Crippen LogP contribution in [0.1, 0.15) is 143 Å². The fourth-order valence-corrected chi connectivity index (χ4v) is 10.7. The first-order valence-electron chi connectivity index (χ1n) is 38.3. The third kappa shape index (κ3) is 136. The molecule has 0 spiro atoms. The zero-order chi connectivity index (χ0) is 109. The molecule has 0 aromatic heterocycles. The summed E-state index contributed by atoms with van der Waals surface area (Å²) in [6, 6.07) is 0. The molecule has 11 heteroatoms. The average Bonchev–Trinajstić information content (AvgIpc) is 0.763. The third-order valence-electron chi connectivity index (χ3n) is 11.3. The van der Waals surface area contributed by atoms with Gasteiger partial charge in [0, 0.05) is 24.8 Å². The fourth-order valence-electron chi connectivity index (χ4n) is 6.57. The Kier molecular flexibility index (Phi) is 148. The lowest BCUT2D eigenvalue weighted by atomic mass is 9.78. The second kappa shape index (κ2) is 143. The molecule has 1 saturated carbocycles. The zero-order valence-electron chi connectivity index (χ0n) is 80.1. The summed E-state index contributed by atoms with van der Waals surface area (Å²) in [6.45, 7) is 22.3. The second-order valence-corrected chi connectivity index (χ2v) is 26.2. The Balaban J connectivity index is -0.000000158. The molecule has 6 atom stereocenters. The Labute approximate surface area is 871 Å². The Bertz CT molecular complexity index is 8000.